The van der Waals surface area contributed by atoms with Crippen LogP contribution in [0.4, 0.5) is 0 Å². The molecule has 5 nitrogen and oxygen atoms in total. The van der Waals surface area contributed by atoms with Gasteiger partial charge in [0.2, 0.25) is 0 Å². The molecule has 0 radical (unpaired) electrons. The summed E-state index contributed by atoms with van der Waals surface area (Å²) in [5.74, 6) is -0.582. The maximum atomic E-state index is 12.6. The molecule has 0 aliphatic heterocycles. The molecule has 0 amide bonds. The lowest BCUT2D eigenvalue weighted by molar-refractivity contribution is -0.163. The van der Waals surface area contributed by atoms with Crippen molar-refractivity contribution >= 4 is 22.7 Å². The van der Waals surface area contributed by atoms with E-state index < -0.39 is 17.4 Å². The highest BCUT2D eigenvalue weighted by atomic mass is 16.6. The highest BCUT2D eigenvalue weighted by Gasteiger charge is 2.47. The highest BCUT2D eigenvalue weighted by Crippen LogP contribution is 2.37. The molecule has 0 saturated heterocycles. The van der Waals surface area contributed by atoms with Crippen molar-refractivity contribution < 1.29 is 23.8 Å². The quantitative estimate of drug-likeness (QED) is 0.601. The number of carbonyl (C=O) groups is 2. The Kier molecular flexibility index (Phi) is 5.44. The molecule has 2 aromatic rings. The average molecular weight is 330 g/mol. The molecular formula is C19H22O5. The van der Waals surface area contributed by atoms with E-state index in [9.17, 15) is 9.59 Å². The van der Waals surface area contributed by atoms with Gasteiger partial charge in [-0.15, -0.1) is 0 Å². The van der Waals surface area contributed by atoms with Crippen LogP contribution in [0.2, 0.25) is 0 Å². The Morgan fingerprint density at radius 3 is 1.96 bits per heavy atom. The van der Waals surface area contributed by atoms with Gasteiger partial charge in [-0.25, -0.2) is 0 Å². The largest absolute Gasteiger partial charge is 0.496 e. The maximum Gasteiger partial charge on any atom is 0.327 e. The van der Waals surface area contributed by atoms with E-state index in [1.165, 1.54) is 6.92 Å². The van der Waals surface area contributed by atoms with Gasteiger partial charge in [-0.3, -0.25) is 9.59 Å². The van der Waals surface area contributed by atoms with Crippen LogP contribution < -0.4 is 4.74 Å². The molecule has 0 fully saturated rings. The van der Waals surface area contributed by atoms with Crippen LogP contribution in [0.3, 0.4) is 0 Å². The minimum Gasteiger partial charge on any atom is -0.496 e. The van der Waals surface area contributed by atoms with Crippen LogP contribution >= 0.6 is 0 Å². The molecule has 0 aliphatic carbocycles. The van der Waals surface area contributed by atoms with Crippen LogP contribution in [-0.2, 0) is 24.5 Å². The molecule has 0 bridgehead atoms. The number of benzene rings is 2. The van der Waals surface area contributed by atoms with Gasteiger partial charge in [-0.05, 0) is 37.8 Å². The number of hydrogen-bond donors (Lipinski definition) is 0. The predicted octanol–water partition coefficient (Wildman–Crippen LogP) is 3.23. The molecule has 0 heterocycles. The molecule has 2 rings (SSSR count). The summed E-state index contributed by atoms with van der Waals surface area (Å²) in [5, 5.41) is 1.57. The lowest BCUT2D eigenvalue weighted by Gasteiger charge is -2.27. The molecule has 0 aliphatic rings. The first kappa shape index (κ1) is 17.8. The number of hydrogen-bond acceptors (Lipinski definition) is 5. The van der Waals surface area contributed by atoms with Crippen LogP contribution in [0.5, 0.6) is 5.75 Å². The van der Waals surface area contributed by atoms with Crippen LogP contribution in [0, 0.1) is 0 Å². The molecule has 2 aromatic carbocycles. The Morgan fingerprint density at radius 1 is 0.917 bits per heavy atom. The standard InChI is InChI=1S/C19H22O5/c1-5-23-17(20)19(3,18(21)24-6-2)15-11-12-16(22-4)14-10-8-7-9-13(14)15/h7-12H,5-6H2,1-4H3. The maximum absolute atomic E-state index is 12.6. The van der Waals surface area contributed by atoms with E-state index in [4.69, 9.17) is 14.2 Å². The zero-order valence-corrected chi connectivity index (χ0v) is 14.4. The first-order chi connectivity index (χ1) is 11.5. The van der Waals surface area contributed by atoms with Crippen molar-refractivity contribution in [2.45, 2.75) is 26.2 Å². The second-order valence-electron chi connectivity index (χ2n) is 5.43. The molecule has 0 spiro atoms. The van der Waals surface area contributed by atoms with E-state index in [0.29, 0.717) is 11.3 Å². The molecular weight excluding hydrogens is 308 g/mol. The van der Waals surface area contributed by atoms with Gasteiger partial charge >= 0.3 is 11.9 Å². The van der Waals surface area contributed by atoms with Crippen molar-refractivity contribution in [1.82, 2.24) is 0 Å². The van der Waals surface area contributed by atoms with Gasteiger partial charge < -0.3 is 14.2 Å². The minimum atomic E-state index is -1.54. The molecule has 128 valence electrons. The monoisotopic (exact) mass is 330 g/mol. The lowest BCUT2D eigenvalue weighted by atomic mass is 9.79. The van der Waals surface area contributed by atoms with Gasteiger partial charge in [0.15, 0.2) is 5.41 Å². The second-order valence-corrected chi connectivity index (χ2v) is 5.43. The summed E-state index contributed by atoms with van der Waals surface area (Å²) >= 11 is 0. The molecule has 24 heavy (non-hydrogen) atoms. The Bertz CT molecular complexity index is 733. The van der Waals surface area contributed by atoms with E-state index in [1.54, 1.807) is 33.1 Å². The Labute approximate surface area is 141 Å². The summed E-state index contributed by atoms with van der Waals surface area (Å²) in [4.78, 5) is 25.3. The Balaban J connectivity index is 2.73. The smallest absolute Gasteiger partial charge is 0.327 e. The zero-order valence-electron chi connectivity index (χ0n) is 14.4. The summed E-state index contributed by atoms with van der Waals surface area (Å²) in [6.45, 7) is 5.31. The van der Waals surface area contributed by atoms with Gasteiger partial charge in [-0.1, -0.05) is 30.3 Å². The molecule has 0 aromatic heterocycles. The van der Waals surface area contributed by atoms with E-state index >= 15 is 0 Å². The highest BCUT2D eigenvalue weighted by molar-refractivity contribution is 6.10. The van der Waals surface area contributed by atoms with Gasteiger partial charge in [-0.2, -0.15) is 0 Å². The molecule has 0 N–H and O–H groups in total. The van der Waals surface area contributed by atoms with Gasteiger partial charge in [0.25, 0.3) is 0 Å². The average Bonchev–Trinajstić information content (AvgIpc) is 2.60. The van der Waals surface area contributed by atoms with Crippen molar-refractivity contribution in [3.8, 4) is 5.75 Å². The predicted molar refractivity (Wildman–Crippen MR) is 91.1 cm³/mol. The van der Waals surface area contributed by atoms with Crippen molar-refractivity contribution in [2.24, 2.45) is 0 Å². The van der Waals surface area contributed by atoms with Crippen LogP contribution in [0.15, 0.2) is 36.4 Å². The fraction of sp³-hybridized carbons (Fsp3) is 0.368. The van der Waals surface area contributed by atoms with E-state index in [2.05, 4.69) is 0 Å². The van der Waals surface area contributed by atoms with Gasteiger partial charge in [0, 0.05) is 5.39 Å². The van der Waals surface area contributed by atoms with Gasteiger partial charge in [0.05, 0.1) is 20.3 Å². The minimum absolute atomic E-state index is 0.182. The summed E-state index contributed by atoms with van der Waals surface area (Å²) in [6, 6.07) is 10.9. The summed E-state index contributed by atoms with van der Waals surface area (Å²) in [7, 11) is 1.58. The number of rotatable bonds is 6. The molecule has 0 atom stereocenters. The van der Waals surface area contributed by atoms with Crippen molar-refractivity contribution in [2.75, 3.05) is 20.3 Å². The summed E-state index contributed by atoms with van der Waals surface area (Å²) in [5.41, 5.74) is -1.01. The van der Waals surface area contributed by atoms with E-state index in [0.717, 1.165) is 10.8 Å². The summed E-state index contributed by atoms with van der Waals surface area (Å²) < 4.78 is 15.7. The zero-order chi connectivity index (χ0) is 17.7. The third-order valence-electron chi connectivity index (χ3n) is 4.01. The normalized spacial score (nSPS) is 11.2. The molecule has 0 saturated carbocycles. The molecule has 0 unspecified atom stereocenters. The third-order valence-corrected chi connectivity index (χ3v) is 4.01. The van der Waals surface area contributed by atoms with Crippen LogP contribution in [-0.4, -0.2) is 32.3 Å². The van der Waals surface area contributed by atoms with E-state index in [1.807, 2.05) is 24.3 Å². The Morgan fingerprint density at radius 2 is 1.46 bits per heavy atom. The van der Waals surface area contributed by atoms with Crippen molar-refractivity contribution in [3.05, 3.63) is 42.0 Å². The van der Waals surface area contributed by atoms with Crippen molar-refractivity contribution in [3.63, 3.8) is 0 Å². The number of fused-ring (bicyclic) bond motifs is 1. The Hall–Kier alpha value is -2.56. The van der Waals surface area contributed by atoms with Crippen LogP contribution in [0.25, 0.3) is 10.8 Å². The SMILES string of the molecule is CCOC(=O)C(C)(C(=O)OCC)c1ccc(OC)c2ccccc12. The topological polar surface area (TPSA) is 61.8 Å². The third kappa shape index (κ3) is 2.94. The fourth-order valence-corrected chi connectivity index (χ4v) is 2.74. The van der Waals surface area contributed by atoms with E-state index in [-0.39, 0.29) is 13.2 Å². The fourth-order valence-electron chi connectivity index (χ4n) is 2.74. The summed E-state index contributed by atoms with van der Waals surface area (Å²) in [6.07, 6.45) is 0. The second kappa shape index (κ2) is 7.34. The number of esters is 2. The lowest BCUT2D eigenvalue weighted by Crippen LogP contribution is -2.43. The van der Waals surface area contributed by atoms with Gasteiger partial charge in [0.1, 0.15) is 5.75 Å². The first-order valence-electron chi connectivity index (χ1n) is 7.91. The first-order valence-corrected chi connectivity index (χ1v) is 7.91. The molecule has 5 heteroatoms. The number of methoxy groups -OCH3 is 1. The number of carbonyl (C=O) groups excluding carboxylic acids is 2. The van der Waals surface area contributed by atoms with Crippen molar-refractivity contribution in [1.29, 1.82) is 0 Å². The number of ether oxygens (including phenoxy) is 3. The van der Waals surface area contributed by atoms with Crippen LogP contribution in [0.1, 0.15) is 26.3 Å².